The summed E-state index contributed by atoms with van der Waals surface area (Å²) >= 11 is 1.51. The van der Waals surface area contributed by atoms with Crippen LogP contribution in [0.5, 0.6) is 0 Å². The molecule has 0 atom stereocenters. The van der Waals surface area contributed by atoms with Gasteiger partial charge < -0.3 is 11.1 Å². The van der Waals surface area contributed by atoms with E-state index in [0.717, 1.165) is 10.5 Å². The van der Waals surface area contributed by atoms with Crippen molar-refractivity contribution < 1.29 is 4.79 Å². The van der Waals surface area contributed by atoms with Crippen molar-refractivity contribution in [1.82, 2.24) is 15.1 Å². The molecule has 0 radical (unpaired) electrons. The van der Waals surface area contributed by atoms with Crippen LogP contribution in [0.15, 0.2) is 41.4 Å². The number of carbonyl (C=O) groups excluding carboxylic acids is 1. The molecule has 0 bridgehead atoms. The first kappa shape index (κ1) is 13.5. The minimum Gasteiger partial charge on any atom is -0.384 e. The lowest BCUT2D eigenvalue weighted by molar-refractivity contribution is -0.118. The molecular formula is C13H16N4OS. The lowest BCUT2D eigenvalue weighted by Gasteiger charge is -2.05. The standard InChI is InChI=1S/C13H16N4OS/c1-17-13(14)10(8-16-17)7-15-12(18)9-19-11-5-3-2-4-6-11/h2-6,8H,7,9,14H2,1H3,(H,15,18). The van der Waals surface area contributed by atoms with E-state index >= 15 is 0 Å². The Kier molecular flexibility index (Phi) is 4.46. The highest BCUT2D eigenvalue weighted by atomic mass is 32.2. The average molecular weight is 276 g/mol. The number of thioether (sulfide) groups is 1. The number of anilines is 1. The maximum absolute atomic E-state index is 11.7. The average Bonchev–Trinajstić information content (AvgIpc) is 2.75. The molecule has 1 aromatic heterocycles. The van der Waals surface area contributed by atoms with Crippen LogP contribution < -0.4 is 11.1 Å². The van der Waals surface area contributed by atoms with E-state index in [1.54, 1.807) is 17.9 Å². The summed E-state index contributed by atoms with van der Waals surface area (Å²) < 4.78 is 1.58. The van der Waals surface area contributed by atoms with Gasteiger partial charge in [0.1, 0.15) is 5.82 Å². The van der Waals surface area contributed by atoms with Crippen molar-refractivity contribution in [2.24, 2.45) is 7.05 Å². The van der Waals surface area contributed by atoms with Gasteiger partial charge in [0, 0.05) is 24.1 Å². The highest BCUT2D eigenvalue weighted by Crippen LogP contribution is 2.16. The van der Waals surface area contributed by atoms with Crippen LogP contribution in [-0.4, -0.2) is 21.4 Å². The molecule has 6 heteroatoms. The summed E-state index contributed by atoms with van der Waals surface area (Å²) in [7, 11) is 1.77. The zero-order valence-corrected chi connectivity index (χ0v) is 11.5. The Bertz CT molecular complexity index is 553. The molecule has 0 saturated carbocycles. The molecule has 1 aromatic carbocycles. The van der Waals surface area contributed by atoms with Gasteiger partial charge in [-0.2, -0.15) is 5.10 Å². The van der Waals surface area contributed by atoms with E-state index in [-0.39, 0.29) is 5.91 Å². The lowest BCUT2D eigenvalue weighted by Crippen LogP contribution is -2.24. The Hall–Kier alpha value is -1.95. The van der Waals surface area contributed by atoms with Crippen LogP contribution in [0.4, 0.5) is 5.82 Å². The van der Waals surface area contributed by atoms with Gasteiger partial charge in [-0.05, 0) is 12.1 Å². The number of aromatic nitrogens is 2. The fraction of sp³-hybridized carbons (Fsp3) is 0.231. The van der Waals surface area contributed by atoms with Crippen LogP contribution in [-0.2, 0) is 18.4 Å². The summed E-state index contributed by atoms with van der Waals surface area (Å²) in [5.41, 5.74) is 6.63. The molecule has 0 aliphatic heterocycles. The number of amides is 1. The van der Waals surface area contributed by atoms with Gasteiger partial charge >= 0.3 is 0 Å². The van der Waals surface area contributed by atoms with Crippen LogP contribution in [0, 0.1) is 0 Å². The fourth-order valence-electron chi connectivity index (χ4n) is 1.54. The minimum absolute atomic E-state index is 0.0166. The van der Waals surface area contributed by atoms with Gasteiger partial charge in [0.25, 0.3) is 0 Å². The Morgan fingerprint density at radius 2 is 2.16 bits per heavy atom. The van der Waals surface area contributed by atoms with Crippen molar-refractivity contribution in [3.63, 3.8) is 0 Å². The number of nitrogen functional groups attached to an aromatic ring is 1. The Morgan fingerprint density at radius 3 is 2.79 bits per heavy atom. The van der Waals surface area contributed by atoms with Crippen molar-refractivity contribution in [2.45, 2.75) is 11.4 Å². The molecule has 5 nitrogen and oxygen atoms in total. The summed E-state index contributed by atoms with van der Waals surface area (Å²) in [4.78, 5) is 12.8. The van der Waals surface area contributed by atoms with Crippen LogP contribution in [0.1, 0.15) is 5.56 Å². The van der Waals surface area contributed by atoms with Gasteiger partial charge in [-0.25, -0.2) is 0 Å². The van der Waals surface area contributed by atoms with Gasteiger partial charge in [-0.3, -0.25) is 9.48 Å². The lowest BCUT2D eigenvalue weighted by atomic mass is 10.3. The summed E-state index contributed by atoms with van der Waals surface area (Å²) in [5.74, 6) is 0.956. The second kappa shape index (κ2) is 6.29. The largest absolute Gasteiger partial charge is 0.384 e. The molecule has 1 amide bonds. The Labute approximate surface area is 116 Å². The number of nitrogens with one attached hydrogen (secondary N) is 1. The first-order valence-corrected chi connectivity index (χ1v) is 6.86. The minimum atomic E-state index is -0.0166. The topological polar surface area (TPSA) is 72.9 Å². The highest BCUT2D eigenvalue weighted by Gasteiger charge is 2.07. The number of hydrogen-bond acceptors (Lipinski definition) is 4. The van der Waals surface area contributed by atoms with E-state index in [1.807, 2.05) is 30.3 Å². The Balaban J connectivity index is 1.78. The van der Waals surface area contributed by atoms with Crippen molar-refractivity contribution in [2.75, 3.05) is 11.5 Å². The quantitative estimate of drug-likeness (QED) is 0.810. The maximum atomic E-state index is 11.7. The van der Waals surface area contributed by atoms with Crippen LogP contribution in [0.3, 0.4) is 0 Å². The number of nitrogens with two attached hydrogens (primary N) is 1. The SMILES string of the molecule is Cn1ncc(CNC(=O)CSc2ccccc2)c1N. The number of hydrogen-bond donors (Lipinski definition) is 2. The fourth-order valence-corrected chi connectivity index (χ4v) is 2.29. The van der Waals surface area contributed by atoms with Crippen molar-refractivity contribution in [1.29, 1.82) is 0 Å². The molecule has 19 heavy (non-hydrogen) atoms. The molecule has 0 saturated heterocycles. The van der Waals surface area contributed by atoms with Gasteiger partial charge in [-0.1, -0.05) is 18.2 Å². The van der Waals surface area contributed by atoms with Gasteiger partial charge in [0.2, 0.25) is 5.91 Å². The molecule has 0 unspecified atom stereocenters. The summed E-state index contributed by atoms with van der Waals surface area (Å²) in [6, 6.07) is 9.83. The van der Waals surface area contributed by atoms with Crippen molar-refractivity contribution in [3.05, 3.63) is 42.1 Å². The molecule has 0 aliphatic carbocycles. The molecule has 2 aromatic rings. The second-order valence-electron chi connectivity index (χ2n) is 4.06. The normalized spacial score (nSPS) is 10.4. The third-order valence-electron chi connectivity index (χ3n) is 2.65. The van der Waals surface area contributed by atoms with E-state index in [4.69, 9.17) is 5.73 Å². The molecule has 3 N–H and O–H groups in total. The van der Waals surface area contributed by atoms with E-state index in [1.165, 1.54) is 11.8 Å². The first-order valence-electron chi connectivity index (χ1n) is 5.87. The number of aryl methyl sites for hydroxylation is 1. The third-order valence-corrected chi connectivity index (χ3v) is 3.67. The van der Waals surface area contributed by atoms with E-state index < -0.39 is 0 Å². The highest BCUT2D eigenvalue weighted by molar-refractivity contribution is 8.00. The summed E-state index contributed by atoms with van der Waals surface area (Å²) in [5, 5.41) is 6.85. The molecule has 1 heterocycles. The van der Waals surface area contributed by atoms with E-state index in [2.05, 4.69) is 10.4 Å². The smallest absolute Gasteiger partial charge is 0.230 e. The molecular weight excluding hydrogens is 260 g/mol. The monoisotopic (exact) mass is 276 g/mol. The summed E-state index contributed by atoms with van der Waals surface area (Å²) in [6.45, 7) is 0.411. The predicted octanol–water partition coefficient (Wildman–Crippen LogP) is 1.41. The predicted molar refractivity (Wildman–Crippen MR) is 76.6 cm³/mol. The van der Waals surface area contributed by atoms with Crippen LogP contribution in [0.2, 0.25) is 0 Å². The molecule has 0 aliphatic rings. The van der Waals surface area contributed by atoms with Gasteiger partial charge in [0.15, 0.2) is 0 Å². The maximum Gasteiger partial charge on any atom is 0.230 e. The second-order valence-corrected chi connectivity index (χ2v) is 5.11. The first-order chi connectivity index (χ1) is 9.16. The molecule has 100 valence electrons. The van der Waals surface area contributed by atoms with Crippen LogP contribution in [0.25, 0.3) is 0 Å². The molecule has 0 fully saturated rings. The Morgan fingerprint density at radius 1 is 1.42 bits per heavy atom. The number of rotatable bonds is 5. The van der Waals surface area contributed by atoms with Gasteiger partial charge in [0.05, 0.1) is 11.9 Å². The molecule has 0 spiro atoms. The van der Waals surface area contributed by atoms with Crippen molar-refractivity contribution in [3.8, 4) is 0 Å². The summed E-state index contributed by atoms with van der Waals surface area (Å²) in [6.07, 6.45) is 1.67. The van der Waals surface area contributed by atoms with Crippen LogP contribution >= 0.6 is 11.8 Å². The van der Waals surface area contributed by atoms with Gasteiger partial charge in [-0.15, -0.1) is 11.8 Å². The molecule has 2 rings (SSSR count). The third kappa shape index (κ3) is 3.75. The van der Waals surface area contributed by atoms with E-state index in [0.29, 0.717) is 18.1 Å². The van der Waals surface area contributed by atoms with E-state index in [9.17, 15) is 4.79 Å². The van der Waals surface area contributed by atoms with Crippen molar-refractivity contribution >= 4 is 23.5 Å². The number of carbonyl (C=O) groups is 1. The number of benzene rings is 1. The number of nitrogens with zero attached hydrogens (tertiary/aromatic N) is 2. The zero-order valence-electron chi connectivity index (χ0n) is 10.7. The zero-order chi connectivity index (χ0) is 13.7.